The molecule has 0 amide bonds. The fraction of sp³-hybridized carbons (Fsp3) is 1.00. The Morgan fingerprint density at radius 3 is 2.35 bits per heavy atom. The van der Waals surface area contributed by atoms with Gasteiger partial charge in [-0.05, 0) is 50.5 Å². The molecule has 2 saturated carbocycles. The summed E-state index contributed by atoms with van der Waals surface area (Å²) < 4.78 is 0. The van der Waals surface area contributed by atoms with E-state index < -0.39 is 0 Å². The van der Waals surface area contributed by atoms with Crippen molar-refractivity contribution in [3.05, 3.63) is 0 Å². The fourth-order valence-corrected chi connectivity index (χ4v) is 4.45. The summed E-state index contributed by atoms with van der Waals surface area (Å²) in [5.74, 6) is 0.776. The lowest BCUT2D eigenvalue weighted by molar-refractivity contribution is 0.0310. The third kappa shape index (κ3) is 3.98. The second kappa shape index (κ2) is 6.79. The van der Waals surface area contributed by atoms with Crippen LogP contribution in [-0.2, 0) is 0 Å². The average Bonchev–Trinajstić information content (AvgIpc) is 2.88. The Bertz CT molecular complexity index is 290. The molecule has 0 aromatic heterocycles. The summed E-state index contributed by atoms with van der Waals surface area (Å²) in [5, 5.41) is 3.63. The molecule has 0 bridgehead atoms. The highest BCUT2D eigenvalue weighted by molar-refractivity contribution is 4.96. The van der Waals surface area contributed by atoms with Gasteiger partial charge in [0.05, 0.1) is 0 Å². The van der Waals surface area contributed by atoms with Crippen molar-refractivity contribution in [2.45, 2.75) is 90.8 Å². The van der Waals surface area contributed by atoms with Gasteiger partial charge in [-0.2, -0.15) is 0 Å². The molecule has 0 aliphatic heterocycles. The molecule has 118 valence electrons. The van der Waals surface area contributed by atoms with Gasteiger partial charge in [-0.1, -0.05) is 40.5 Å². The van der Waals surface area contributed by atoms with Gasteiger partial charge < -0.3 is 5.32 Å². The highest BCUT2D eigenvalue weighted by atomic mass is 15.2. The molecule has 0 saturated heterocycles. The predicted octanol–water partition coefficient (Wildman–Crippen LogP) is 4.05. The van der Waals surface area contributed by atoms with Gasteiger partial charge in [0.1, 0.15) is 0 Å². The number of nitrogens with zero attached hydrogens (tertiary/aromatic N) is 1. The third-order valence-electron chi connectivity index (χ3n) is 5.52. The van der Waals surface area contributed by atoms with Gasteiger partial charge in [-0.15, -0.1) is 0 Å². The molecular weight excluding hydrogens is 244 g/mol. The molecule has 2 fully saturated rings. The van der Waals surface area contributed by atoms with Gasteiger partial charge in [0, 0.05) is 24.7 Å². The zero-order chi connectivity index (χ0) is 14.8. The molecule has 2 aliphatic rings. The second-order valence-electron chi connectivity index (χ2n) is 8.40. The van der Waals surface area contributed by atoms with Crippen molar-refractivity contribution < 1.29 is 0 Å². The maximum Gasteiger partial charge on any atom is 0.0257 e. The third-order valence-corrected chi connectivity index (χ3v) is 5.52. The minimum Gasteiger partial charge on any atom is -0.315 e. The van der Waals surface area contributed by atoms with Gasteiger partial charge in [0.15, 0.2) is 0 Å². The number of nitrogens with one attached hydrogen (secondary N) is 1. The molecule has 2 aliphatic carbocycles. The van der Waals surface area contributed by atoms with Crippen LogP contribution in [0.5, 0.6) is 0 Å². The van der Waals surface area contributed by atoms with Crippen LogP contribution in [0.3, 0.4) is 0 Å². The van der Waals surface area contributed by atoms with Crippen molar-refractivity contribution in [1.82, 2.24) is 10.2 Å². The highest BCUT2D eigenvalue weighted by Gasteiger charge is 2.40. The Kier molecular flexibility index (Phi) is 5.53. The van der Waals surface area contributed by atoms with Crippen LogP contribution < -0.4 is 5.32 Å². The molecule has 0 radical (unpaired) electrons. The largest absolute Gasteiger partial charge is 0.315 e. The Hall–Kier alpha value is -0.0800. The van der Waals surface area contributed by atoms with E-state index in [1.165, 1.54) is 51.5 Å². The summed E-state index contributed by atoms with van der Waals surface area (Å²) in [4.78, 5) is 2.90. The minimum absolute atomic E-state index is 0.520. The second-order valence-corrected chi connectivity index (χ2v) is 8.40. The quantitative estimate of drug-likeness (QED) is 0.817. The molecule has 2 atom stereocenters. The van der Waals surface area contributed by atoms with Gasteiger partial charge >= 0.3 is 0 Å². The SMILES string of the molecule is CNC1CCC(C)(C)CC1N(CC(C)C)C1CCCC1. The topological polar surface area (TPSA) is 15.3 Å². The van der Waals surface area contributed by atoms with E-state index in [2.05, 4.69) is 45.0 Å². The van der Waals surface area contributed by atoms with Crippen LogP contribution in [0, 0.1) is 11.3 Å². The molecule has 0 heterocycles. The summed E-state index contributed by atoms with van der Waals surface area (Å²) in [7, 11) is 2.16. The van der Waals surface area contributed by atoms with Crippen molar-refractivity contribution >= 4 is 0 Å². The van der Waals surface area contributed by atoms with Crippen LogP contribution in [0.2, 0.25) is 0 Å². The van der Waals surface area contributed by atoms with Gasteiger partial charge in [0.25, 0.3) is 0 Å². The monoisotopic (exact) mass is 280 g/mol. The molecule has 2 unspecified atom stereocenters. The molecule has 2 rings (SSSR count). The van der Waals surface area contributed by atoms with Crippen LogP contribution in [0.4, 0.5) is 0 Å². The number of rotatable bonds is 5. The van der Waals surface area contributed by atoms with Crippen molar-refractivity contribution in [2.24, 2.45) is 11.3 Å². The summed E-state index contributed by atoms with van der Waals surface area (Å²) in [6, 6.07) is 2.30. The zero-order valence-corrected chi connectivity index (χ0v) is 14.4. The van der Waals surface area contributed by atoms with E-state index in [4.69, 9.17) is 0 Å². The number of likely N-dealkylation sites (N-methyl/N-ethyl adjacent to an activating group) is 1. The van der Waals surface area contributed by atoms with Gasteiger partial charge in [-0.25, -0.2) is 0 Å². The Morgan fingerprint density at radius 2 is 1.80 bits per heavy atom. The number of hydrogen-bond acceptors (Lipinski definition) is 2. The maximum absolute atomic E-state index is 3.63. The molecule has 0 spiro atoms. The minimum atomic E-state index is 0.520. The van der Waals surface area contributed by atoms with Crippen molar-refractivity contribution in [1.29, 1.82) is 0 Å². The van der Waals surface area contributed by atoms with E-state index in [9.17, 15) is 0 Å². The number of hydrogen-bond donors (Lipinski definition) is 1. The molecule has 2 heteroatoms. The predicted molar refractivity (Wildman–Crippen MR) is 88.1 cm³/mol. The van der Waals surface area contributed by atoms with Crippen LogP contribution in [-0.4, -0.2) is 36.6 Å². The highest BCUT2D eigenvalue weighted by Crippen LogP contribution is 2.39. The lowest BCUT2D eigenvalue weighted by atomic mass is 9.72. The van der Waals surface area contributed by atoms with Crippen LogP contribution in [0.25, 0.3) is 0 Å². The van der Waals surface area contributed by atoms with Gasteiger partial charge in [-0.3, -0.25) is 4.90 Å². The van der Waals surface area contributed by atoms with Gasteiger partial charge in [0.2, 0.25) is 0 Å². The Morgan fingerprint density at radius 1 is 1.15 bits per heavy atom. The van der Waals surface area contributed by atoms with E-state index in [1.54, 1.807) is 0 Å². The fourth-order valence-electron chi connectivity index (χ4n) is 4.45. The van der Waals surface area contributed by atoms with E-state index in [1.807, 2.05) is 0 Å². The average molecular weight is 281 g/mol. The van der Waals surface area contributed by atoms with E-state index in [0.717, 1.165) is 18.0 Å². The standard InChI is InChI=1S/C18H36N2/c1-14(2)13-20(15-8-6-7-9-15)17-12-18(3,4)11-10-16(17)19-5/h14-17,19H,6-13H2,1-5H3. The van der Waals surface area contributed by atoms with Crippen molar-refractivity contribution in [3.63, 3.8) is 0 Å². The zero-order valence-electron chi connectivity index (χ0n) is 14.4. The maximum atomic E-state index is 3.63. The lowest BCUT2D eigenvalue weighted by Crippen LogP contribution is -2.57. The van der Waals surface area contributed by atoms with E-state index >= 15 is 0 Å². The van der Waals surface area contributed by atoms with Crippen LogP contribution >= 0.6 is 0 Å². The van der Waals surface area contributed by atoms with Crippen molar-refractivity contribution in [2.75, 3.05) is 13.6 Å². The Balaban J connectivity index is 2.14. The molecule has 0 aromatic carbocycles. The summed E-state index contributed by atoms with van der Waals surface area (Å²) >= 11 is 0. The Labute approximate surface area is 126 Å². The normalized spacial score (nSPS) is 31.4. The van der Waals surface area contributed by atoms with Crippen molar-refractivity contribution in [3.8, 4) is 0 Å². The first-order valence-corrected chi connectivity index (χ1v) is 8.86. The summed E-state index contributed by atoms with van der Waals surface area (Å²) in [6.45, 7) is 11.0. The smallest absolute Gasteiger partial charge is 0.0257 e. The first-order valence-electron chi connectivity index (χ1n) is 8.86. The summed E-state index contributed by atoms with van der Waals surface area (Å²) in [6.07, 6.45) is 9.83. The molecule has 0 aromatic rings. The molecule has 20 heavy (non-hydrogen) atoms. The van der Waals surface area contributed by atoms with E-state index in [0.29, 0.717) is 11.5 Å². The van der Waals surface area contributed by atoms with Crippen LogP contribution in [0.1, 0.15) is 72.6 Å². The molecule has 2 nitrogen and oxygen atoms in total. The van der Waals surface area contributed by atoms with Crippen LogP contribution in [0.15, 0.2) is 0 Å². The lowest BCUT2D eigenvalue weighted by Gasteiger charge is -2.48. The summed E-state index contributed by atoms with van der Waals surface area (Å²) in [5.41, 5.74) is 0.520. The molecule has 1 N–H and O–H groups in total. The molecular formula is C18H36N2. The first-order chi connectivity index (χ1) is 9.43. The van der Waals surface area contributed by atoms with E-state index in [-0.39, 0.29) is 0 Å². The first kappa shape index (κ1) is 16.3.